The molecule has 0 N–H and O–H groups in total. The Hall–Kier alpha value is -8.40. The van der Waals surface area contributed by atoms with Gasteiger partial charge < -0.3 is 13.9 Å². The van der Waals surface area contributed by atoms with Crippen LogP contribution < -0.4 is 4.90 Å². The molecule has 0 radical (unpaired) electrons. The van der Waals surface area contributed by atoms with Crippen molar-refractivity contribution in [3.05, 3.63) is 237 Å². The SMILES string of the molecule is c1ccc(-c2cc(-c3ccccc3)cc(N(c3ccc(-c4cccc5c4c4ccccc4n5-c4ccccc4)cc3)c3ccc4c5ccccc5n5c6ccccc6c3c45)c2)cc1. The maximum absolute atomic E-state index is 2.49. The predicted molar refractivity (Wildman–Crippen MR) is 266 cm³/mol. The molecule has 13 rings (SSSR count). The van der Waals surface area contributed by atoms with Crippen molar-refractivity contribution in [3.63, 3.8) is 0 Å². The summed E-state index contributed by atoms with van der Waals surface area (Å²) in [6, 6.07) is 86.5. The van der Waals surface area contributed by atoms with Gasteiger partial charge in [0.15, 0.2) is 0 Å². The third kappa shape index (κ3) is 5.46. The lowest BCUT2D eigenvalue weighted by Gasteiger charge is -2.28. The highest BCUT2D eigenvalue weighted by Crippen LogP contribution is 2.49. The Bertz CT molecular complexity index is 3770. The number of anilines is 3. The van der Waals surface area contributed by atoms with E-state index in [4.69, 9.17) is 0 Å². The Morgan fingerprint density at radius 1 is 0.302 bits per heavy atom. The standard InChI is InChI=1S/C60H39N3/c1-4-17-40(18-5-1)43-37-44(41-19-6-2-7-20-41)39-47(38-43)61(57-36-35-50-49-23-10-13-27-53(49)63-55-29-15-12-25-52(55)59(57)60(50)63)46-33-31-42(32-34-46)48-26-16-30-56-58(48)51-24-11-14-28-54(51)62(56)45-21-8-3-9-22-45/h1-39H. The van der Waals surface area contributed by atoms with Crippen LogP contribution in [0.5, 0.6) is 0 Å². The molecule has 3 nitrogen and oxygen atoms in total. The second-order valence-corrected chi connectivity index (χ2v) is 16.5. The highest BCUT2D eigenvalue weighted by Gasteiger charge is 2.25. The summed E-state index contributed by atoms with van der Waals surface area (Å²) < 4.78 is 4.87. The van der Waals surface area contributed by atoms with Gasteiger partial charge in [-0.3, -0.25) is 0 Å². The van der Waals surface area contributed by atoms with Crippen LogP contribution in [-0.2, 0) is 0 Å². The first-order valence-electron chi connectivity index (χ1n) is 21.7. The van der Waals surface area contributed by atoms with Crippen LogP contribution in [0.3, 0.4) is 0 Å². The van der Waals surface area contributed by atoms with Crippen LogP contribution in [0.25, 0.3) is 99.0 Å². The van der Waals surface area contributed by atoms with Gasteiger partial charge in [0.2, 0.25) is 0 Å². The fourth-order valence-electron chi connectivity index (χ4n) is 10.3. The molecule has 10 aromatic carbocycles. The van der Waals surface area contributed by atoms with Gasteiger partial charge in [0.1, 0.15) is 0 Å². The van der Waals surface area contributed by atoms with E-state index in [0.717, 1.165) is 22.7 Å². The third-order valence-corrected chi connectivity index (χ3v) is 13.0. The molecular weight excluding hydrogens is 763 g/mol. The molecule has 0 saturated carbocycles. The average molecular weight is 802 g/mol. The third-order valence-electron chi connectivity index (χ3n) is 13.0. The quantitative estimate of drug-likeness (QED) is 0.156. The minimum absolute atomic E-state index is 1.09. The summed E-state index contributed by atoms with van der Waals surface area (Å²) in [5.41, 5.74) is 17.7. The second-order valence-electron chi connectivity index (χ2n) is 16.5. The molecular formula is C60H39N3. The fourth-order valence-corrected chi connectivity index (χ4v) is 10.3. The molecule has 0 amide bonds. The van der Waals surface area contributed by atoms with E-state index >= 15 is 0 Å². The summed E-state index contributed by atoms with van der Waals surface area (Å²) in [5.74, 6) is 0. The summed E-state index contributed by atoms with van der Waals surface area (Å²) >= 11 is 0. The normalized spacial score (nSPS) is 11.8. The van der Waals surface area contributed by atoms with Gasteiger partial charge in [-0.1, -0.05) is 164 Å². The minimum Gasteiger partial charge on any atom is -0.310 e. The van der Waals surface area contributed by atoms with Crippen molar-refractivity contribution in [2.45, 2.75) is 0 Å². The topological polar surface area (TPSA) is 12.6 Å². The average Bonchev–Trinajstić information content (AvgIpc) is 4.01. The van der Waals surface area contributed by atoms with Crippen LogP contribution in [0.2, 0.25) is 0 Å². The lowest BCUT2D eigenvalue weighted by molar-refractivity contribution is 1.18. The molecule has 3 heterocycles. The molecule has 0 saturated heterocycles. The van der Waals surface area contributed by atoms with Gasteiger partial charge in [-0.05, 0) is 106 Å². The van der Waals surface area contributed by atoms with Crippen LogP contribution in [0.1, 0.15) is 0 Å². The molecule has 3 aromatic heterocycles. The highest BCUT2D eigenvalue weighted by atomic mass is 15.1. The van der Waals surface area contributed by atoms with E-state index in [2.05, 4.69) is 250 Å². The Morgan fingerprint density at radius 3 is 1.51 bits per heavy atom. The molecule has 0 spiro atoms. The summed E-state index contributed by atoms with van der Waals surface area (Å²) in [7, 11) is 0. The van der Waals surface area contributed by atoms with Crippen LogP contribution in [0, 0.1) is 0 Å². The van der Waals surface area contributed by atoms with Gasteiger partial charge in [-0.25, -0.2) is 0 Å². The maximum atomic E-state index is 2.49. The smallest absolute Gasteiger partial charge is 0.0641 e. The minimum atomic E-state index is 1.09. The largest absolute Gasteiger partial charge is 0.310 e. The molecule has 63 heavy (non-hydrogen) atoms. The molecule has 3 heteroatoms. The van der Waals surface area contributed by atoms with E-state index in [0.29, 0.717) is 0 Å². The number of fused-ring (bicyclic) bond motifs is 9. The van der Waals surface area contributed by atoms with Crippen LogP contribution in [0.15, 0.2) is 237 Å². The lowest BCUT2D eigenvalue weighted by Crippen LogP contribution is -2.11. The summed E-state index contributed by atoms with van der Waals surface area (Å²) in [6.45, 7) is 0. The van der Waals surface area contributed by atoms with E-state index in [1.165, 1.54) is 93.3 Å². The fraction of sp³-hybridized carbons (Fsp3) is 0. The number of hydrogen-bond donors (Lipinski definition) is 0. The van der Waals surface area contributed by atoms with Crippen molar-refractivity contribution in [3.8, 4) is 39.1 Å². The van der Waals surface area contributed by atoms with Gasteiger partial charge in [0.05, 0.1) is 33.3 Å². The first-order valence-corrected chi connectivity index (χ1v) is 21.7. The zero-order valence-corrected chi connectivity index (χ0v) is 34.4. The number of nitrogens with zero attached hydrogens (tertiary/aromatic N) is 3. The van der Waals surface area contributed by atoms with Gasteiger partial charge in [0.25, 0.3) is 0 Å². The first-order chi connectivity index (χ1) is 31.3. The number of rotatable bonds is 7. The monoisotopic (exact) mass is 801 g/mol. The Balaban J connectivity index is 1.07. The Kier molecular flexibility index (Phi) is 7.91. The maximum Gasteiger partial charge on any atom is 0.0641 e. The van der Waals surface area contributed by atoms with Gasteiger partial charge in [-0.15, -0.1) is 0 Å². The zero-order chi connectivity index (χ0) is 41.4. The van der Waals surface area contributed by atoms with E-state index in [9.17, 15) is 0 Å². The van der Waals surface area contributed by atoms with Crippen molar-refractivity contribution >= 4 is 77.0 Å². The van der Waals surface area contributed by atoms with Crippen molar-refractivity contribution in [1.29, 1.82) is 0 Å². The number of para-hydroxylation sites is 4. The first kappa shape index (κ1) is 35.4. The molecule has 0 atom stereocenters. The molecule has 0 aliphatic heterocycles. The molecule has 294 valence electrons. The van der Waals surface area contributed by atoms with Crippen LogP contribution in [0.4, 0.5) is 17.1 Å². The van der Waals surface area contributed by atoms with Crippen molar-refractivity contribution in [1.82, 2.24) is 8.97 Å². The van der Waals surface area contributed by atoms with Crippen molar-refractivity contribution in [2.24, 2.45) is 0 Å². The van der Waals surface area contributed by atoms with E-state index in [1.807, 2.05) is 0 Å². The summed E-state index contributed by atoms with van der Waals surface area (Å²) in [5, 5.41) is 7.52. The van der Waals surface area contributed by atoms with Crippen LogP contribution >= 0.6 is 0 Å². The Labute approximate surface area is 364 Å². The van der Waals surface area contributed by atoms with Gasteiger partial charge >= 0.3 is 0 Å². The van der Waals surface area contributed by atoms with Crippen molar-refractivity contribution in [2.75, 3.05) is 4.90 Å². The van der Waals surface area contributed by atoms with Crippen LogP contribution in [-0.4, -0.2) is 8.97 Å². The Morgan fingerprint density at radius 2 is 0.841 bits per heavy atom. The van der Waals surface area contributed by atoms with Gasteiger partial charge in [0, 0.05) is 49.4 Å². The molecule has 0 bridgehead atoms. The summed E-state index contributed by atoms with van der Waals surface area (Å²) in [4.78, 5) is 2.49. The van der Waals surface area contributed by atoms with Crippen molar-refractivity contribution < 1.29 is 0 Å². The second kappa shape index (κ2) is 14.1. The summed E-state index contributed by atoms with van der Waals surface area (Å²) in [6.07, 6.45) is 0. The van der Waals surface area contributed by atoms with Gasteiger partial charge in [-0.2, -0.15) is 0 Å². The number of benzene rings is 10. The highest BCUT2D eigenvalue weighted by molar-refractivity contribution is 6.27. The number of hydrogen-bond acceptors (Lipinski definition) is 1. The van der Waals surface area contributed by atoms with E-state index < -0.39 is 0 Å². The molecule has 0 aliphatic carbocycles. The molecule has 0 fully saturated rings. The van der Waals surface area contributed by atoms with E-state index in [1.54, 1.807) is 0 Å². The zero-order valence-electron chi connectivity index (χ0n) is 34.4. The lowest BCUT2D eigenvalue weighted by atomic mass is 9.96. The molecule has 0 unspecified atom stereocenters. The molecule has 13 aromatic rings. The predicted octanol–water partition coefficient (Wildman–Crippen LogP) is 16.4. The molecule has 0 aliphatic rings. The number of aromatic nitrogens is 2. The van der Waals surface area contributed by atoms with E-state index in [-0.39, 0.29) is 0 Å².